The number of amides is 1. The predicted octanol–water partition coefficient (Wildman–Crippen LogP) is 4.14. The zero-order chi connectivity index (χ0) is 22.4. The number of aromatic nitrogens is 2. The van der Waals surface area contributed by atoms with Crippen molar-refractivity contribution in [2.45, 2.75) is 26.3 Å². The predicted molar refractivity (Wildman–Crippen MR) is 119 cm³/mol. The lowest BCUT2D eigenvalue weighted by Crippen LogP contribution is -2.22. The fourth-order valence-electron chi connectivity index (χ4n) is 2.81. The minimum absolute atomic E-state index is 0.0279. The first-order chi connectivity index (χ1) is 14.9. The van der Waals surface area contributed by atoms with E-state index in [-0.39, 0.29) is 16.6 Å². The number of nitrogens with zero attached hydrogens (tertiary/aromatic N) is 3. The Bertz CT molecular complexity index is 1140. The Morgan fingerprint density at radius 2 is 1.84 bits per heavy atom. The molecule has 3 rings (SSSR count). The number of nitrogens with one attached hydrogen (secondary N) is 2. The number of carbonyl (C=O) groups excluding carboxylic acids is 1. The summed E-state index contributed by atoms with van der Waals surface area (Å²) in [5.74, 6) is -0.0279. The van der Waals surface area contributed by atoms with E-state index < -0.39 is 10.5 Å². The average molecular weight is 442 g/mol. The number of rotatable bonds is 8. The zero-order valence-corrected chi connectivity index (χ0v) is 17.4. The van der Waals surface area contributed by atoms with E-state index in [4.69, 9.17) is 11.6 Å². The fraction of sp³-hybridized carbons (Fsp3) is 0.190. The van der Waals surface area contributed by atoms with Crippen molar-refractivity contribution in [3.8, 4) is 5.69 Å². The normalized spacial score (nSPS) is 10.5. The fourth-order valence-corrected chi connectivity index (χ4v) is 3.00. The van der Waals surface area contributed by atoms with Gasteiger partial charge in [0.1, 0.15) is 5.02 Å². The van der Waals surface area contributed by atoms with Crippen molar-refractivity contribution in [3.05, 3.63) is 85.8 Å². The molecule has 0 atom stereocenters. The molecule has 2 N–H and O–H groups in total. The smallest absolute Gasteiger partial charge is 0.292 e. The van der Waals surface area contributed by atoms with E-state index >= 15 is 0 Å². The standard InChI is InChI=1S/C21H20ClN5O4/c1-2-3-19(28)25-15-6-4-14(5-7-15)12-23-18-13-24-26(21(29)20(18)22)16-8-10-17(11-9-16)27(30)31/h4-11,13,23H,2-3,12H2,1H3,(H,25,28). The molecule has 0 aliphatic carbocycles. The molecular weight excluding hydrogens is 422 g/mol. The van der Waals surface area contributed by atoms with Gasteiger partial charge in [0, 0.05) is 30.8 Å². The molecule has 9 nitrogen and oxygen atoms in total. The van der Waals surface area contributed by atoms with Crippen molar-refractivity contribution in [3.63, 3.8) is 0 Å². The maximum Gasteiger partial charge on any atom is 0.292 e. The van der Waals surface area contributed by atoms with E-state index in [0.29, 0.717) is 30.0 Å². The van der Waals surface area contributed by atoms with Crippen LogP contribution in [0.1, 0.15) is 25.3 Å². The van der Waals surface area contributed by atoms with Gasteiger partial charge in [0.25, 0.3) is 11.2 Å². The summed E-state index contributed by atoms with van der Waals surface area (Å²) in [7, 11) is 0. The summed E-state index contributed by atoms with van der Waals surface area (Å²) in [6.45, 7) is 2.34. The van der Waals surface area contributed by atoms with Gasteiger partial charge in [-0.05, 0) is 36.2 Å². The number of non-ortho nitro benzene ring substituents is 1. The highest BCUT2D eigenvalue weighted by Crippen LogP contribution is 2.19. The van der Waals surface area contributed by atoms with E-state index in [0.717, 1.165) is 16.7 Å². The Morgan fingerprint density at radius 1 is 1.16 bits per heavy atom. The van der Waals surface area contributed by atoms with Crippen molar-refractivity contribution in [2.24, 2.45) is 0 Å². The van der Waals surface area contributed by atoms with Crippen LogP contribution in [-0.2, 0) is 11.3 Å². The molecule has 0 aliphatic rings. The van der Waals surface area contributed by atoms with Crippen molar-refractivity contribution in [2.75, 3.05) is 10.6 Å². The lowest BCUT2D eigenvalue weighted by molar-refractivity contribution is -0.384. The van der Waals surface area contributed by atoms with Crippen molar-refractivity contribution in [1.82, 2.24) is 9.78 Å². The lowest BCUT2D eigenvalue weighted by atomic mass is 10.2. The van der Waals surface area contributed by atoms with Gasteiger partial charge < -0.3 is 10.6 Å². The number of nitro groups is 1. The number of halogens is 1. The maximum absolute atomic E-state index is 12.6. The highest BCUT2D eigenvalue weighted by Gasteiger charge is 2.12. The van der Waals surface area contributed by atoms with Crippen LogP contribution in [0, 0.1) is 10.1 Å². The quantitative estimate of drug-likeness (QED) is 0.400. The Kier molecular flexibility index (Phi) is 6.99. The van der Waals surface area contributed by atoms with Gasteiger partial charge in [-0.3, -0.25) is 19.7 Å². The second-order valence-corrected chi connectivity index (χ2v) is 7.09. The van der Waals surface area contributed by atoms with E-state index in [1.165, 1.54) is 30.5 Å². The van der Waals surface area contributed by atoms with Crippen LogP contribution in [0.5, 0.6) is 0 Å². The average Bonchev–Trinajstić information content (AvgIpc) is 2.76. The first kappa shape index (κ1) is 22.0. The third-order valence-electron chi connectivity index (χ3n) is 4.42. The maximum atomic E-state index is 12.6. The summed E-state index contributed by atoms with van der Waals surface area (Å²) in [4.78, 5) is 34.5. The lowest BCUT2D eigenvalue weighted by Gasteiger charge is -2.11. The number of benzene rings is 2. The zero-order valence-electron chi connectivity index (χ0n) is 16.7. The summed E-state index contributed by atoms with van der Waals surface area (Å²) >= 11 is 6.22. The monoisotopic (exact) mass is 441 g/mol. The van der Waals surface area contributed by atoms with Crippen molar-refractivity contribution < 1.29 is 9.72 Å². The molecule has 3 aromatic rings. The molecule has 2 aromatic carbocycles. The molecule has 1 amide bonds. The highest BCUT2D eigenvalue weighted by atomic mass is 35.5. The molecule has 0 unspecified atom stereocenters. The van der Waals surface area contributed by atoms with Crippen LogP contribution in [0.25, 0.3) is 5.69 Å². The summed E-state index contributed by atoms with van der Waals surface area (Å²) in [5, 5.41) is 20.7. The minimum atomic E-state index is -0.547. The molecule has 31 heavy (non-hydrogen) atoms. The van der Waals surface area contributed by atoms with Crippen LogP contribution < -0.4 is 16.2 Å². The Morgan fingerprint density at radius 3 is 2.45 bits per heavy atom. The van der Waals surface area contributed by atoms with Crippen LogP contribution in [-0.4, -0.2) is 20.6 Å². The molecule has 10 heteroatoms. The number of hydrogen-bond donors (Lipinski definition) is 2. The molecule has 0 spiro atoms. The first-order valence-electron chi connectivity index (χ1n) is 9.54. The molecule has 0 radical (unpaired) electrons. The van der Waals surface area contributed by atoms with E-state index in [1.807, 2.05) is 19.1 Å². The molecule has 1 aromatic heterocycles. The molecule has 0 aliphatic heterocycles. The third-order valence-corrected chi connectivity index (χ3v) is 4.79. The van der Waals surface area contributed by atoms with Gasteiger partial charge in [-0.25, -0.2) is 0 Å². The topological polar surface area (TPSA) is 119 Å². The highest BCUT2D eigenvalue weighted by molar-refractivity contribution is 6.32. The number of hydrogen-bond acceptors (Lipinski definition) is 6. The molecular formula is C21H20ClN5O4. The van der Waals surface area contributed by atoms with Crippen LogP contribution in [0.3, 0.4) is 0 Å². The van der Waals surface area contributed by atoms with Gasteiger partial charge in [0.15, 0.2) is 0 Å². The Hall–Kier alpha value is -3.72. The SMILES string of the molecule is CCCC(=O)Nc1ccc(CNc2cnn(-c3ccc([N+](=O)[O-])cc3)c(=O)c2Cl)cc1. The second kappa shape index (κ2) is 9.86. The summed E-state index contributed by atoms with van der Waals surface area (Å²) < 4.78 is 1.07. The Balaban J connectivity index is 1.69. The number of carbonyl (C=O) groups is 1. The van der Waals surface area contributed by atoms with Crippen LogP contribution in [0.2, 0.25) is 5.02 Å². The van der Waals surface area contributed by atoms with E-state index in [1.54, 1.807) is 12.1 Å². The molecule has 1 heterocycles. The van der Waals surface area contributed by atoms with Gasteiger partial charge in [-0.1, -0.05) is 30.7 Å². The molecule has 0 fully saturated rings. The van der Waals surface area contributed by atoms with Crippen LogP contribution >= 0.6 is 11.6 Å². The van der Waals surface area contributed by atoms with Gasteiger partial charge in [-0.15, -0.1) is 0 Å². The van der Waals surface area contributed by atoms with Crippen LogP contribution in [0.4, 0.5) is 17.1 Å². The third kappa shape index (κ3) is 5.46. The van der Waals surface area contributed by atoms with E-state index in [9.17, 15) is 19.7 Å². The van der Waals surface area contributed by atoms with Gasteiger partial charge >= 0.3 is 0 Å². The molecule has 0 saturated carbocycles. The Labute approximate surface area is 182 Å². The van der Waals surface area contributed by atoms with Crippen LogP contribution in [0.15, 0.2) is 59.5 Å². The first-order valence-corrected chi connectivity index (χ1v) is 9.92. The second-order valence-electron chi connectivity index (χ2n) is 6.71. The molecule has 0 bridgehead atoms. The molecule has 0 saturated heterocycles. The summed E-state index contributed by atoms with van der Waals surface area (Å²) in [5.41, 5.74) is 1.73. The molecule has 160 valence electrons. The van der Waals surface area contributed by atoms with Gasteiger partial charge in [0.2, 0.25) is 5.91 Å². The van der Waals surface area contributed by atoms with Crippen molar-refractivity contribution in [1.29, 1.82) is 0 Å². The summed E-state index contributed by atoms with van der Waals surface area (Å²) in [6, 6.07) is 12.7. The number of anilines is 2. The van der Waals surface area contributed by atoms with E-state index in [2.05, 4.69) is 15.7 Å². The largest absolute Gasteiger partial charge is 0.378 e. The minimum Gasteiger partial charge on any atom is -0.378 e. The van der Waals surface area contributed by atoms with Gasteiger partial charge in [-0.2, -0.15) is 9.78 Å². The van der Waals surface area contributed by atoms with Gasteiger partial charge in [0.05, 0.1) is 22.5 Å². The van der Waals surface area contributed by atoms with Crippen molar-refractivity contribution >= 4 is 34.6 Å². The number of nitro benzene ring substituents is 1. The summed E-state index contributed by atoms with van der Waals surface area (Å²) in [6.07, 6.45) is 2.68.